The van der Waals surface area contributed by atoms with Crippen LogP contribution in [0.2, 0.25) is 0 Å². The minimum Gasteiger partial charge on any atom is -0.377 e. The average molecular weight is 157 g/mol. The van der Waals surface area contributed by atoms with Crippen LogP contribution in [0, 0.1) is 0 Å². The lowest BCUT2D eigenvalue weighted by molar-refractivity contribution is 0.111. The molecule has 2 heteroatoms. The monoisotopic (exact) mass is 157 g/mol. The molecule has 1 aliphatic heterocycles. The molecule has 0 aromatic carbocycles. The van der Waals surface area contributed by atoms with Crippen LogP contribution in [0.1, 0.15) is 33.6 Å². The van der Waals surface area contributed by atoms with Crippen molar-refractivity contribution in [1.29, 1.82) is 0 Å². The molecule has 66 valence electrons. The first-order valence-electron chi connectivity index (χ1n) is 4.61. The number of hydrogen-bond acceptors (Lipinski definition) is 2. The van der Waals surface area contributed by atoms with Gasteiger partial charge >= 0.3 is 0 Å². The molecule has 0 aromatic rings. The first-order valence-corrected chi connectivity index (χ1v) is 4.61. The van der Waals surface area contributed by atoms with Gasteiger partial charge in [0.15, 0.2) is 0 Å². The Hall–Kier alpha value is -0.0800. The van der Waals surface area contributed by atoms with Crippen LogP contribution >= 0.6 is 0 Å². The Morgan fingerprint density at radius 1 is 1.64 bits per heavy atom. The van der Waals surface area contributed by atoms with Crippen molar-refractivity contribution in [1.82, 2.24) is 5.32 Å². The van der Waals surface area contributed by atoms with Gasteiger partial charge in [-0.15, -0.1) is 0 Å². The zero-order chi connectivity index (χ0) is 8.27. The van der Waals surface area contributed by atoms with Gasteiger partial charge < -0.3 is 10.1 Å². The fourth-order valence-electron chi connectivity index (χ4n) is 1.43. The summed E-state index contributed by atoms with van der Waals surface area (Å²) in [4.78, 5) is 0. The highest BCUT2D eigenvalue weighted by molar-refractivity contribution is 4.80. The van der Waals surface area contributed by atoms with Crippen molar-refractivity contribution in [3.8, 4) is 0 Å². The quantitative estimate of drug-likeness (QED) is 0.671. The van der Waals surface area contributed by atoms with Crippen LogP contribution < -0.4 is 5.32 Å². The van der Waals surface area contributed by atoms with E-state index in [1.807, 2.05) is 0 Å². The minimum absolute atomic E-state index is 0.406. The summed E-state index contributed by atoms with van der Waals surface area (Å²) in [6.45, 7) is 7.51. The first kappa shape index (κ1) is 9.01. The summed E-state index contributed by atoms with van der Waals surface area (Å²) in [5, 5.41) is 3.55. The topological polar surface area (TPSA) is 21.3 Å². The summed E-state index contributed by atoms with van der Waals surface area (Å²) in [5.41, 5.74) is 0. The lowest BCUT2D eigenvalue weighted by atomic mass is 10.1. The SMILES string of the molecule is CCC(C)NC1CCOC1C. The van der Waals surface area contributed by atoms with Crippen LogP contribution in [-0.2, 0) is 4.74 Å². The van der Waals surface area contributed by atoms with E-state index in [0.717, 1.165) is 6.61 Å². The van der Waals surface area contributed by atoms with Gasteiger partial charge in [0.1, 0.15) is 0 Å². The van der Waals surface area contributed by atoms with E-state index in [1.165, 1.54) is 12.8 Å². The second-order valence-corrected chi connectivity index (χ2v) is 3.45. The third kappa shape index (κ3) is 2.46. The number of hydrogen-bond donors (Lipinski definition) is 1. The predicted octanol–water partition coefficient (Wildman–Crippen LogP) is 1.55. The molecule has 2 nitrogen and oxygen atoms in total. The van der Waals surface area contributed by atoms with Gasteiger partial charge in [0.2, 0.25) is 0 Å². The van der Waals surface area contributed by atoms with Crippen molar-refractivity contribution < 1.29 is 4.74 Å². The number of ether oxygens (including phenoxy) is 1. The standard InChI is InChI=1S/C9H19NO/c1-4-7(2)10-9-5-6-11-8(9)3/h7-10H,4-6H2,1-3H3. The molecule has 1 N–H and O–H groups in total. The summed E-state index contributed by atoms with van der Waals surface area (Å²) in [7, 11) is 0. The van der Waals surface area contributed by atoms with Gasteiger partial charge in [-0.1, -0.05) is 6.92 Å². The first-order chi connectivity index (χ1) is 5.24. The number of rotatable bonds is 3. The van der Waals surface area contributed by atoms with Gasteiger partial charge in [-0.2, -0.15) is 0 Å². The van der Waals surface area contributed by atoms with Crippen LogP contribution in [0.3, 0.4) is 0 Å². The van der Waals surface area contributed by atoms with Crippen molar-refractivity contribution in [3.63, 3.8) is 0 Å². The van der Waals surface area contributed by atoms with Crippen LogP contribution in [0.5, 0.6) is 0 Å². The van der Waals surface area contributed by atoms with E-state index in [1.54, 1.807) is 0 Å². The van der Waals surface area contributed by atoms with Crippen LogP contribution in [0.4, 0.5) is 0 Å². The van der Waals surface area contributed by atoms with Crippen molar-refractivity contribution in [2.75, 3.05) is 6.61 Å². The highest BCUT2D eigenvalue weighted by Crippen LogP contribution is 2.13. The molecule has 0 saturated carbocycles. The molecule has 0 radical (unpaired) electrons. The summed E-state index contributed by atoms with van der Waals surface area (Å²) < 4.78 is 5.45. The molecule has 1 saturated heterocycles. The smallest absolute Gasteiger partial charge is 0.0700 e. The van der Waals surface area contributed by atoms with Gasteiger partial charge in [-0.3, -0.25) is 0 Å². The molecule has 1 rings (SSSR count). The highest BCUT2D eigenvalue weighted by atomic mass is 16.5. The Kier molecular flexibility index (Phi) is 3.34. The summed E-state index contributed by atoms with van der Waals surface area (Å²) in [6.07, 6.45) is 2.78. The molecule has 0 spiro atoms. The van der Waals surface area contributed by atoms with Gasteiger partial charge in [0.25, 0.3) is 0 Å². The molecular formula is C9H19NO. The summed E-state index contributed by atoms with van der Waals surface area (Å²) in [5.74, 6) is 0. The van der Waals surface area contributed by atoms with Gasteiger partial charge in [-0.05, 0) is 26.7 Å². The maximum Gasteiger partial charge on any atom is 0.0700 e. The fourth-order valence-corrected chi connectivity index (χ4v) is 1.43. The van der Waals surface area contributed by atoms with E-state index in [-0.39, 0.29) is 0 Å². The molecule has 0 amide bonds. The molecule has 0 bridgehead atoms. The normalized spacial score (nSPS) is 34.1. The Bertz CT molecular complexity index is 116. The number of nitrogens with one attached hydrogen (secondary N) is 1. The third-order valence-corrected chi connectivity index (χ3v) is 2.49. The van der Waals surface area contributed by atoms with Crippen LogP contribution in [-0.4, -0.2) is 24.8 Å². The van der Waals surface area contributed by atoms with E-state index in [9.17, 15) is 0 Å². The van der Waals surface area contributed by atoms with Gasteiger partial charge in [0, 0.05) is 18.7 Å². The molecule has 1 aliphatic rings. The van der Waals surface area contributed by atoms with Gasteiger partial charge in [0.05, 0.1) is 6.10 Å². The van der Waals surface area contributed by atoms with E-state index in [2.05, 4.69) is 26.1 Å². The predicted molar refractivity (Wildman–Crippen MR) is 46.7 cm³/mol. The average Bonchev–Trinajstić information content (AvgIpc) is 2.37. The van der Waals surface area contributed by atoms with E-state index in [0.29, 0.717) is 18.2 Å². The highest BCUT2D eigenvalue weighted by Gasteiger charge is 2.24. The zero-order valence-electron chi connectivity index (χ0n) is 7.76. The zero-order valence-corrected chi connectivity index (χ0v) is 7.76. The van der Waals surface area contributed by atoms with Crippen LogP contribution in [0.15, 0.2) is 0 Å². The Balaban J connectivity index is 2.24. The summed E-state index contributed by atoms with van der Waals surface area (Å²) >= 11 is 0. The van der Waals surface area contributed by atoms with E-state index in [4.69, 9.17) is 4.74 Å². The minimum atomic E-state index is 0.406. The molecule has 11 heavy (non-hydrogen) atoms. The second-order valence-electron chi connectivity index (χ2n) is 3.45. The van der Waals surface area contributed by atoms with Crippen molar-refractivity contribution in [3.05, 3.63) is 0 Å². The fraction of sp³-hybridized carbons (Fsp3) is 1.00. The molecule has 0 aromatic heterocycles. The summed E-state index contributed by atoms with van der Waals surface area (Å²) in [6, 6.07) is 1.22. The third-order valence-electron chi connectivity index (χ3n) is 2.49. The van der Waals surface area contributed by atoms with Crippen molar-refractivity contribution in [2.24, 2.45) is 0 Å². The van der Waals surface area contributed by atoms with Gasteiger partial charge in [-0.25, -0.2) is 0 Å². The van der Waals surface area contributed by atoms with Crippen LogP contribution in [0.25, 0.3) is 0 Å². The molecule has 3 unspecified atom stereocenters. The molecule has 1 fully saturated rings. The Morgan fingerprint density at radius 3 is 2.82 bits per heavy atom. The maximum atomic E-state index is 5.45. The largest absolute Gasteiger partial charge is 0.377 e. The second kappa shape index (κ2) is 4.07. The maximum absolute atomic E-state index is 5.45. The van der Waals surface area contributed by atoms with Crippen molar-refractivity contribution >= 4 is 0 Å². The van der Waals surface area contributed by atoms with E-state index < -0.39 is 0 Å². The molecule has 0 aliphatic carbocycles. The molecular weight excluding hydrogens is 138 g/mol. The lowest BCUT2D eigenvalue weighted by Gasteiger charge is -2.20. The molecule has 3 atom stereocenters. The Morgan fingerprint density at radius 2 is 2.36 bits per heavy atom. The van der Waals surface area contributed by atoms with E-state index >= 15 is 0 Å². The lowest BCUT2D eigenvalue weighted by Crippen LogP contribution is -2.40. The van der Waals surface area contributed by atoms with Crippen molar-refractivity contribution in [2.45, 2.75) is 51.8 Å². The molecule has 1 heterocycles. The Labute approximate surface area is 69.3 Å².